The van der Waals surface area contributed by atoms with Gasteiger partial charge in [0.25, 0.3) is 0 Å². The molecule has 0 aliphatic heterocycles. The lowest BCUT2D eigenvalue weighted by atomic mass is 9.99. The summed E-state index contributed by atoms with van der Waals surface area (Å²) in [7, 11) is 1.71. The molecule has 0 heterocycles. The van der Waals surface area contributed by atoms with Crippen molar-refractivity contribution in [2.24, 2.45) is 11.8 Å². The molecule has 2 N–H and O–H groups in total. The van der Waals surface area contributed by atoms with E-state index in [2.05, 4.69) is 5.32 Å². The average molecular weight is 312 g/mol. The van der Waals surface area contributed by atoms with Crippen LogP contribution in [0.4, 0.5) is 0 Å². The van der Waals surface area contributed by atoms with Gasteiger partial charge >= 0.3 is 0 Å². The summed E-state index contributed by atoms with van der Waals surface area (Å²) < 4.78 is 0. The number of amides is 2. The monoisotopic (exact) mass is 312 g/mol. The molecule has 0 saturated heterocycles. The Hall–Kier alpha value is -1.10. The molecule has 22 heavy (non-hydrogen) atoms. The van der Waals surface area contributed by atoms with Gasteiger partial charge in [0.2, 0.25) is 11.8 Å². The number of carbonyl (C=O) groups is 2. The number of hydrogen-bond donors (Lipinski definition) is 2. The minimum Gasteiger partial charge on any atom is -0.388 e. The van der Waals surface area contributed by atoms with Crippen LogP contribution in [-0.4, -0.2) is 47.1 Å². The fraction of sp³-hybridized carbons (Fsp3) is 0.882. The lowest BCUT2D eigenvalue weighted by Crippen LogP contribution is -2.53. The zero-order valence-electron chi connectivity index (χ0n) is 14.7. The van der Waals surface area contributed by atoms with Gasteiger partial charge < -0.3 is 15.3 Å². The third kappa shape index (κ3) is 5.59. The Balaban J connectivity index is 2.65. The van der Waals surface area contributed by atoms with E-state index in [0.29, 0.717) is 13.0 Å². The van der Waals surface area contributed by atoms with E-state index in [1.165, 1.54) is 0 Å². The third-order valence-corrected chi connectivity index (χ3v) is 4.28. The largest absolute Gasteiger partial charge is 0.388 e. The zero-order valence-corrected chi connectivity index (χ0v) is 14.7. The minimum absolute atomic E-state index is 0.0179. The molecule has 0 bridgehead atoms. The van der Waals surface area contributed by atoms with Crippen molar-refractivity contribution in [3.8, 4) is 0 Å². The molecule has 5 heteroatoms. The molecule has 0 spiro atoms. The molecule has 1 atom stereocenters. The maximum Gasteiger partial charge on any atom is 0.245 e. The fourth-order valence-corrected chi connectivity index (χ4v) is 3.06. The molecule has 1 rings (SSSR count). The topological polar surface area (TPSA) is 69.6 Å². The van der Waals surface area contributed by atoms with Crippen LogP contribution in [0.5, 0.6) is 0 Å². The van der Waals surface area contributed by atoms with E-state index >= 15 is 0 Å². The predicted octanol–water partition coefficient (Wildman–Crippen LogP) is 1.94. The van der Waals surface area contributed by atoms with Gasteiger partial charge in [-0.25, -0.2) is 0 Å². The molecule has 2 amide bonds. The molecule has 5 nitrogen and oxygen atoms in total. The average Bonchev–Trinajstić information content (AvgIpc) is 2.80. The number of carbonyl (C=O) groups excluding carboxylic acids is 2. The van der Waals surface area contributed by atoms with Crippen LogP contribution in [-0.2, 0) is 9.59 Å². The number of nitrogens with one attached hydrogen (secondary N) is 1. The first-order valence-corrected chi connectivity index (χ1v) is 8.41. The van der Waals surface area contributed by atoms with E-state index in [4.69, 9.17) is 0 Å². The maximum absolute atomic E-state index is 12.6. The second-order valence-electron chi connectivity index (χ2n) is 7.51. The Kier molecular flexibility index (Phi) is 6.85. The first kappa shape index (κ1) is 18.9. The number of rotatable bonds is 7. The van der Waals surface area contributed by atoms with Gasteiger partial charge in [0.05, 0.1) is 5.60 Å². The highest BCUT2D eigenvalue weighted by atomic mass is 16.3. The van der Waals surface area contributed by atoms with Crippen LogP contribution in [0.15, 0.2) is 0 Å². The highest BCUT2D eigenvalue weighted by Crippen LogP contribution is 2.30. The van der Waals surface area contributed by atoms with E-state index in [9.17, 15) is 14.7 Å². The van der Waals surface area contributed by atoms with Crippen molar-refractivity contribution in [2.75, 3.05) is 13.6 Å². The highest BCUT2D eigenvalue weighted by molar-refractivity contribution is 5.87. The second-order valence-corrected chi connectivity index (χ2v) is 7.51. The Morgan fingerprint density at radius 3 is 2.18 bits per heavy atom. The SMILES string of the molecule is CC(C)CC(=O)NC(C(=O)N(C)CC1(O)CCCC1)C(C)C. The number of likely N-dealkylation sites (N-methyl/N-ethyl adjacent to an activating group) is 1. The van der Waals surface area contributed by atoms with E-state index < -0.39 is 11.6 Å². The molecule has 128 valence electrons. The van der Waals surface area contributed by atoms with Crippen molar-refractivity contribution in [2.45, 2.75) is 71.4 Å². The smallest absolute Gasteiger partial charge is 0.245 e. The van der Waals surface area contributed by atoms with Crippen LogP contribution in [0.1, 0.15) is 59.8 Å². The first-order chi connectivity index (χ1) is 10.1. The molecular formula is C17H32N2O3. The standard InChI is InChI=1S/C17H32N2O3/c1-12(2)10-14(20)18-15(13(3)4)16(21)19(5)11-17(22)8-6-7-9-17/h12-13,15,22H,6-11H2,1-5H3,(H,18,20). The van der Waals surface area contributed by atoms with Gasteiger partial charge in [-0.15, -0.1) is 0 Å². The molecule has 0 aromatic rings. The number of nitrogens with zero attached hydrogens (tertiary/aromatic N) is 1. The lowest BCUT2D eigenvalue weighted by molar-refractivity contribution is -0.139. The van der Waals surface area contributed by atoms with E-state index in [-0.39, 0.29) is 23.7 Å². The molecule has 0 aromatic heterocycles. The van der Waals surface area contributed by atoms with Crippen LogP contribution in [0.2, 0.25) is 0 Å². The zero-order chi connectivity index (χ0) is 16.9. The van der Waals surface area contributed by atoms with Crippen molar-refractivity contribution in [3.05, 3.63) is 0 Å². The van der Waals surface area contributed by atoms with Crippen molar-refractivity contribution in [1.29, 1.82) is 0 Å². The number of hydrogen-bond acceptors (Lipinski definition) is 3. The van der Waals surface area contributed by atoms with Crippen molar-refractivity contribution < 1.29 is 14.7 Å². The molecule has 1 fully saturated rings. The molecule has 1 unspecified atom stereocenters. The van der Waals surface area contributed by atoms with E-state index in [0.717, 1.165) is 25.7 Å². The predicted molar refractivity (Wildman–Crippen MR) is 87.3 cm³/mol. The van der Waals surface area contributed by atoms with Gasteiger partial charge in [-0.05, 0) is 24.7 Å². The summed E-state index contributed by atoms with van der Waals surface area (Å²) in [5.41, 5.74) is -0.756. The lowest BCUT2D eigenvalue weighted by Gasteiger charge is -2.32. The van der Waals surface area contributed by atoms with Crippen molar-refractivity contribution in [3.63, 3.8) is 0 Å². The molecular weight excluding hydrogens is 280 g/mol. The summed E-state index contributed by atoms with van der Waals surface area (Å²) in [6.07, 6.45) is 3.94. The van der Waals surface area contributed by atoms with Gasteiger partial charge in [0.15, 0.2) is 0 Å². The summed E-state index contributed by atoms with van der Waals surface area (Å²) in [6, 6.07) is -0.527. The van der Waals surface area contributed by atoms with Crippen molar-refractivity contribution in [1.82, 2.24) is 10.2 Å². The summed E-state index contributed by atoms with van der Waals surface area (Å²) in [5.74, 6) is 0.0755. The fourth-order valence-electron chi connectivity index (χ4n) is 3.06. The van der Waals surface area contributed by atoms with Gasteiger partial charge in [-0.3, -0.25) is 9.59 Å². The molecule has 1 aliphatic carbocycles. The summed E-state index contributed by atoms with van der Waals surface area (Å²) in [5, 5.41) is 13.3. The summed E-state index contributed by atoms with van der Waals surface area (Å²) in [4.78, 5) is 26.2. The Morgan fingerprint density at radius 1 is 1.18 bits per heavy atom. The minimum atomic E-state index is -0.756. The van der Waals surface area contributed by atoms with Crippen LogP contribution in [0.25, 0.3) is 0 Å². The quantitative estimate of drug-likeness (QED) is 0.755. The summed E-state index contributed by atoms with van der Waals surface area (Å²) >= 11 is 0. The van der Waals surface area contributed by atoms with Crippen LogP contribution >= 0.6 is 0 Å². The van der Waals surface area contributed by atoms with Gasteiger partial charge in [0.1, 0.15) is 6.04 Å². The van der Waals surface area contributed by atoms with Gasteiger partial charge in [-0.1, -0.05) is 40.5 Å². The van der Waals surface area contributed by atoms with Crippen LogP contribution in [0, 0.1) is 11.8 Å². The highest BCUT2D eigenvalue weighted by Gasteiger charge is 2.35. The van der Waals surface area contributed by atoms with Gasteiger partial charge in [0, 0.05) is 20.0 Å². The normalized spacial score (nSPS) is 18.5. The van der Waals surface area contributed by atoms with E-state index in [1.54, 1.807) is 11.9 Å². The maximum atomic E-state index is 12.6. The molecule has 1 aliphatic rings. The van der Waals surface area contributed by atoms with E-state index in [1.807, 2.05) is 27.7 Å². The molecule has 0 aromatic carbocycles. The van der Waals surface area contributed by atoms with Crippen molar-refractivity contribution >= 4 is 11.8 Å². The Morgan fingerprint density at radius 2 is 1.73 bits per heavy atom. The summed E-state index contributed by atoms with van der Waals surface area (Å²) in [6.45, 7) is 8.16. The second kappa shape index (κ2) is 7.95. The molecule has 1 saturated carbocycles. The van der Waals surface area contributed by atoms with Crippen LogP contribution < -0.4 is 5.32 Å². The number of aliphatic hydroxyl groups is 1. The van der Waals surface area contributed by atoms with Crippen LogP contribution in [0.3, 0.4) is 0 Å². The first-order valence-electron chi connectivity index (χ1n) is 8.41. The third-order valence-electron chi connectivity index (χ3n) is 4.28. The Bertz CT molecular complexity index is 387. The molecule has 0 radical (unpaired) electrons. The Labute approximate surface area is 134 Å². The van der Waals surface area contributed by atoms with Gasteiger partial charge in [-0.2, -0.15) is 0 Å².